The summed E-state index contributed by atoms with van der Waals surface area (Å²) in [7, 11) is 0. The van der Waals surface area contributed by atoms with Gasteiger partial charge in [0.2, 0.25) is 0 Å². The Morgan fingerprint density at radius 2 is 2.04 bits per heavy atom. The molecule has 9 heteroatoms. The van der Waals surface area contributed by atoms with Crippen LogP contribution in [0.25, 0.3) is 0 Å². The summed E-state index contributed by atoms with van der Waals surface area (Å²) >= 11 is 0. The highest BCUT2D eigenvalue weighted by atomic mass is 16.3. The first kappa shape index (κ1) is 19.3. The van der Waals surface area contributed by atoms with Gasteiger partial charge in [0.1, 0.15) is 11.6 Å². The SMILES string of the molecule is CCCCn1c(N)c(N(Cc2ccco2)C(=O)c2occc2C)c(=O)[nH]c1=O. The van der Waals surface area contributed by atoms with Gasteiger partial charge in [0.05, 0.1) is 19.1 Å². The molecule has 0 saturated carbocycles. The molecule has 0 aliphatic heterocycles. The molecule has 0 unspecified atom stereocenters. The molecule has 3 aromatic heterocycles. The van der Waals surface area contributed by atoms with Crippen molar-refractivity contribution in [2.45, 2.75) is 39.8 Å². The van der Waals surface area contributed by atoms with E-state index in [1.54, 1.807) is 25.1 Å². The minimum Gasteiger partial charge on any atom is -0.467 e. The van der Waals surface area contributed by atoms with Crippen LogP contribution in [0.3, 0.4) is 0 Å². The van der Waals surface area contributed by atoms with E-state index in [2.05, 4.69) is 4.98 Å². The normalized spacial score (nSPS) is 10.9. The molecular weight excluding hydrogens is 364 g/mol. The first-order valence-electron chi connectivity index (χ1n) is 8.95. The molecule has 3 rings (SSSR count). The van der Waals surface area contributed by atoms with Crippen molar-refractivity contribution >= 4 is 17.4 Å². The Morgan fingerprint density at radius 1 is 1.25 bits per heavy atom. The molecule has 0 aliphatic rings. The Bertz CT molecular complexity index is 1070. The molecule has 28 heavy (non-hydrogen) atoms. The number of aromatic nitrogens is 2. The average molecular weight is 386 g/mol. The number of rotatable bonds is 7. The van der Waals surface area contributed by atoms with Gasteiger partial charge in [-0.25, -0.2) is 4.79 Å². The van der Waals surface area contributed by atoms with E-state index in [1.165, 1.54) is 22.0 Å². The molecular formula is C19H22N4O5. The molecule has 0 bridgehead atoms. The molecule has 9 nitrogen and oxygen atoms in total. The molecule has 148 valence electrons. The van der Waals surface area contributed by atoms with Crippen LogP contribution in [0.1, 0.15) is 41.6 Å². The highest BCUT2D eigenvalue weighted by Gasteiger charge is 2.28. The zero-order valence-corrected chi connectivity index (χ0v) is 15.7. The van der Waals surface area contributed by atoms with E-state index in [4.69, 9.17) is 14.6 Å². The van der Waals surface area contributed by atoms with Gasteiger partial charge in [0.15, 0.2) is 11.4 Å². The molecule has 3 N–H and O–H groups in total. The predicted molar refractivity (Wildman–Crippen MR) is 103 cm³/mol. The fraction of sp³-hybridized carbons (Fsp3) is 0.316. The average Bonchev–Trinajstić information content (AvgIpc) is 3.31. The summed E-state index contributed by atoms with van der Waals surface area (Å²) in [6, 6.07) is 4.99. The predicted octanol–water partition coefficient (Wildman–Crippen LogP) is 2.26. The Balaban J connectivity index is 2.15. The van der Waals surface area contributed by atoms with Gasteiger partial charge in [-0.1, -0.05) is 13.3 Å². The van der Waals surface area contributed by atoms with Gasteiger partial charge in [0, 0.05) is 12.1 Å². The summed E-state index contributed by atoms with van der Waals surface area (Å²) in [5.41, 5.74) is 5.31. The van der Waals surface area contributed by atoms with E-state index < -0.39 is 17.2 Å². The summed E-state index contributed by atoms with van der Waals surface area (Å²) in [6.07, 6.45) is 4.38. The maximum Gasteiger partial charge on any atom is 0.330 e. The van der Waals surface area contributed by atoms with E-state index in [0.717, 1.165) is 6.42 Å². The van der Waals surface area contributed by atoms with E-state index in [9.17, 15) is 14.4 Å². The molecule has 1 amide bonds. The van der Waals surface area contributed by atoms with Crippen LogP contribution in [-0.4, -0.2) is 15.5 Å². The summed E-state index contributed by atoms with van der Waals surface area (Å²) in [5, 5.41) is 0. The molecule has 3 aromatic rings. The van der Waals surface area contributed by atoms with Gasteiger partial charge in [-0.15, -0.1) is 0 Å². The standard InChI is InChI=1S/C19H22N4O5/c1-3-4-8-22-16(20)14(17(24)21-19(22)26)23(11-13-6-5-9-27-13)18(25)15-12(2)7-10-28-15/h5-7,9-10H,3-4,8,11,20H2,1-2H3,(H,21,24,26). The monoisotopic (exact) mass is 386 g/mol. The molecule has 0 aliphatic carbocycles. The lowest BCUT2D eigenvalue weighted by Gasteiger charge is -2.23. The summed E-state index contributed by atoms with van der Waals surface area (Å²) < 4.78 is 11.9. The number of hydrogen-bond donors (Lipinski definition) is 2. The summed E-state index contributed by atoms with van der Waals surface area (Å²) in [4.78, 5) is 41.4. The first-order valence-corrected chi connectivity index (χ1v) is 8.95. The maximum atomic E-state index is 13.2. The fourth-order valence-electron chi connectivity index (χ4n) is 2.90. The van der Waals surface area contributed by atoms with Crippen molar-refractivity contribution in [3.05, 3.63) is 68.6 Å². The van der Waals surface area contributed by atoms with Crippen LogP contribution in [0, 0.1) is 6.92 Å². The third-order valence-electron chi connectivity index (χ3n) is 4.41. The number of hydrogen-bond acceptors (Lipinski definition) is 6. The highest BCUT2D eigenvalue weighted by molar-refractivity contribution is 6.06. The van der Waals surface area contributed by atoms with Crippen LogP contribution in [-0.2, 0) is 13.1 Å². The number of nitrogen functional groups attached to an aromatic ring is 1. The zero-order chi connectivity index (χ0) is 20.3. The van der Waals surface area contributed by atoms with Crippen molar-refractivity contribution in [1.29, 1.82) is 0 Å². The number of unbranched alkanes of at least 4 members (excludes halogenated alkanes) is 1. The smallest absolute Gasteiger partial charge is 0.330 e. The third kappa shape index (κ3) is 3.64. The zero-order valence-electron chi connectivity index (χ0n) is 15.7. The Labute approximate surface area is 160 Å². The molecule has 0 fully saturated rings. The van der Waals surface area contributed by atoms with Crippen LogP contribution in [0.2, 0.25) is 0 Å². The topological polar surface area (TPSA) is 127 Å². The first-order chi connectivity index (χ1) is 13.4. The van der Waals surface area contributed by atoms with Crippen LogP contribution in [0.5, 0.6) is 0 Å². The van der Waals surface area contributed by atoms with Gasteiger partial charge >= 0.3 is 5.69 Å². The van der Waals surface area contributed by atoms with Crippen molar-refractivity contribution in [3.8, 4) is 0 Å². The minimum absolute atomic E-state index is 0.0504. The van der Waals surface area contributed by atoms with Crippen LogP contribution >= 0.6 is 0 Å². The lowest BCUT2D eigenvalue weighted by molar-refractivity contribution is 0.0955. The largest absolute Gasteiger partial charge is 0.467 e. The fourth-order valence-corrected chi connectivity index (χ4v) is 2.90. The number of carbonyl (C=O) groups excluding carboxylic acids is 1. The Morgan fingerprint density at radius 3 is 2.64 bits per heavy atom. The van der Waals surface area contributed by atoms with E-state index in [0.29, 0.717) is 24.3 Å². The van der Waals surface area contributed by atoms with E-state index in [1.807, 2.05) is 6.92 Å². The number of furan rings is 2. The summed E-state index contributed by atoms with van der Waals surface area (Å²) in [6.45, 7) is 3.97. The number of anilines is 2. The molecule has 0 saturated heterocycles. The second-order valence-corrected chi connectivity index (χ2v) is 6.40. The number of nitrogens with one attached hydrogen (secondary N) is 1. The van der Waals surface area contributed by atoms with Gasteiger partial charge in [-0.05, 0) is 31.5 Å². The number of nitrogens with zero attached hydrogens (tertiary/aromatic N) is 2. The van der Waals surface area contributed by atoms with Crippen molar-refractivity contribution < 1.29 is 13.6 Å². The van der Waals surface area contributed by atoms with Crippen LogP contribution in [0.15, 0.2) is 49.1 Å². The highest BCUT2D eigenvalue weighted by Crippen LogP contribution is 2.24. The maximum absolute atomic E-state index is 13.2. The number of aryl methyl sites for hydroxylation is 1. The molecule has 0 radical (unpaired) electrons. The van der Waals surface area contributed by atoms with Crippen molar-refractivity contribution in [1.82, 2.24) is 9.55 Å². The molecule has 0 spiro atoms. The molecule has 0 atom stereocenters. The number of amides is 1. The van der Waals surface area contributed by atoms with Gasteiger partial charge in [-0.2, -0.15) is 0 Å². The molecule has 0 aromatic carbocycles. The Hall–Kier alpha value is -3.49. The van der Waals surface area contributed by atoms with E-state index in [-0.39, 0.29) is 23.8 Å². The van der Waals surface area contributed by atoms with Gasteiger partial charge in [-0.3, -0.25) is 24.0 Å². The Kier molecular flexibility index (Phi) is 5.53. The number of aromatic amines is 1. The van der Waals surface area contributed by atoms with E-state index >= 15 is 0 Å². The van der Waals surface area contributed by atoms with Crippen molar-refractivity contribution in [2.75, 3.05) is 10.6 Å². The summed E-state index contributed by atoms with van der Waals surface area (Å²) in [5.74, 6) is -0.109. The number of carbonyl (C=O) groups is 1. The van der Waals surface area contributed by atoms with Crippen LogP contribution in [0.4, 0.5) is 11.5 Å². The third-order valence-corrected chi connectivity index (χ3v) is 4.41. The molecule has 3 heterocycles. The van der Waals surface area contributed by atoms with Gasteiger partial charge < -0.3 is 14.6 Å². The quantitative estimate of drug-likeness (QED) is 0.641. The van der Waals surface area contributed by atoms with Gasteiger partial charge in [0.25, 0.3) is 11.5 Å². The minimum atomic E-state index is -0.751. The van der Waals surface area contributed by atoms with Crippen LogP contribution < -0.4 is 21.9 Å². The number of H-pyrrole nitrogens is 1. The lowest BCUT2D eigenvalue weighted by atomic mass is 10.2. The van der Waals surface area contributed by atoms with Crippen molar-refractivity contribution in [2.24, 2.45) is 0 Å². The second kappa shape index (κ2) is 8.03. The van der Waals surface area contributed by atoms with Crippen molar-refractivity contribution in [3.63, 3.8) is 0 Å². The second-order valence-electron chi connectivity index (χ2n) is 6.40. The lowest BCUT2D eigenvalue weighted by Crippen LogP contribution is -2.41. The number of nitrogens with two attached hydrogens (primary N) is 1.